The molecule has 0 aliphatic carbocycles. The fourth-order valence-electron chi connectivity index (χ4n) is 4.31. The Balaban J connectivity index is 1.71. The van der Waals surface area contributed by atoms with Crippen molar-refractivity contribution in [2.45, 2.75) is 6.92 Å². The normalized spacial score (nSPS) is 13.7. The van der Waals surface area contributed by atoms with Crippen molar-refractivity contribution in [3.8, 4) is 17.0 Å². The van der Waals surface area contributed by atoms with E-state index >= 15 is 0 Å². The third kappa shape index (κ3) is 3.02. The Kier molecular flexibility index (Phi) is 4.25. The van der Waals surface area contributed by atoms with Crippen LogP contribution in [-0.4, -0.2) is 44.6 Å². The zero-order chi connectivity index (χ0) is 21.9. The number of benzene rings is 1. The summed E-state index contributed by atoms with van der Waals surface area (Å²) in [6.07, 6.45) is 5.63. The highest BCUT2D eigenvalue weighted by molar-refractivity contribution is 5.97. The smallest absolute Gasteiger partial charge is 0.253 e. The molecule has 1 aliphatic rings. The second kappa shape index (κ2) is 6.87. The molecule has 1 aromatic carbocycles. The maximum atomic E-state index is 12.4. The van der Waals surface area contributed by atoms with Gasteiger partial charge in [0.15, 0.2) is 0 Å². The van der Waals surface area contributed by atoms with Crippen molar-refractivity contribution in [3.05, 3.63) is 58.8 Å². The number of fused-ring (bicyclic) bond motifs is 2. The highest BCUT2D eigenvalue weighted by atomic mass is 16.3. The largest absolute Gasteiger partial charge is 0.508 e. The molecule has 0 radical (unpaired) electrons. The van der Waals surface area contributed by atoms with Crippen LogP contribution in [0.1, 0.15) is 5.56 Å². The summed E-state index contributed by atoms with van der Waals surface area (Å²) in [6.45, 7) is 3.36. The summed E-state index contributed by atoms with van der Waals surface area (Å²) in [6, 6.07) is 7.38. The van der Waals surface area contributed by atoms with Crippen molar-refractivity contribution in [1.82, 2.24) is 19.3 Å². The highest BCUT2D eigenvalue weighted by Crippen LogP contribution is 2.42. The lowest BCUT2D eigenvalue weighted by Gasteiger charge is -2.37. The number of anilines is 3. The summed E-state index contributed by atoms with van der Waals surface area (Å²) in [7, 11) is 5.69. The lowest BCUT2D eigenvalue weighted by atomic mass is 10.1. The van der Waals surface area contributed by atoms with Crippen molar-refractivity contribution < 1.29 is 5.11 Å². The molecular weight excluding hydrogens is 392 g/mol. The van der Waals surface area contributed by atoms with Gasteiger partial charge in [-0.2, -0.15) is 5.10 Å². The Labute approximate surface area is 179 Å². The van der Waals surface area contributed by atoms with E-state index in [1.54, 1.807) is 34.6 Å². The average molecular weight is 416 g/mol. The van der Waals surface area contributed by atoms with Crippen LogP contribution in [0.5, 0.6) is 5.75 Å². The Morgan fingerprint density at radius 1 is 0.968 bits per heavy atom. The van der Waals surface area contributed by atoms with Gasteiger partial charge in [-0.05, 0) is 19.1 Å². The van der Waals surface area contributed by atoms with Gasteiger partial charge in [-0.3, -0.25) is 14.5 Å². The number of rotatable bonds is 2. The second-order valence-corrected chi connectivity index (χ2v) is 8.12. The van der Waals surface area contributed by atoms with Crippen LogP contribution in [-0.2, 0) is 14.1 Å². The molecule has 0 unspecified atom stereocenters. The summed E-state index contributed by atoms with van der Waals surface area (Å²) in [5.74, 6) is 0.127. The Bertz CT molecular complexity index is 1390. The Morgan fingerprint density at radius 3 is 2.52 bits per heavy atom. The van der Waals surface area contributed by atoms with Gasteiger partial charge in [0, 0.05) is 69.1 Å². The number of nitrogens with zero attached hydrogens (tertiary/aromatic N) is 6. The van der Waals surface area contributed by atoms with Gasteiger partial charge >= 0.3 is 0 Å². The summed E-state index contributed by atoms with van der Waals surface area (Å²) in [5, 5.41) is 15.6. The molecule has 8 heteroatoms. The van der Waals surface area contributed by atoms with Gasteiger partial charge in [-0.1, -0.05) is 0 Å². The Morgan fingerprint density at radius 2 is 1.77 bits per heavy atom. The van der Waals surface area contributed by atoms with E-state index in [1.165, 1.54) is 0 Å². The first-order valence-corrected chi connectivity index (χ1v) is 10.1. The quantitative estimate of drug-likeness (QED) is 0.541. The fourth-order valence-corrected chi connectivity index (χ4v) is 4.31. The molecule has 0 saturated heterocycles. The van der Waals surface area contributed by atoms with E-state index in [0.717, 1.165) is 46.8 Å². The predicted octanol–water partition coefficient (Wildman–Crippen LogP) is 2.94. The molecule has 1 aliphatic heterocycles. The zero-order valence-electron chi connectivity index (χ0n) is 18.0. The van der Waals surface area contributed by atoms with Crippen molar-refractivity contribution in [3.63, 3.8) is 0 Å². The molecule has 0 fully saturated rings. The van der Waals surface area contributed by atoms with Gasteiger partial charge in [0.1, 0.15) is 5.75 Å². The first-order chi connectivity index (χ1) is 14.8. The minimum absolute atomic E-state index is 0.0643. The number of hydrogen-bond donors (Lipinski definition) is 1. The lowest BCUT2D eigenvalue weighted by Crippen LogP contribution is -2.36. The number of aromatic nitrogens is 4. The van der Waals surface area contributed by atoms with Gasteiger partial charge in [0.05, 0.1) is 40.7 Å². The first-order valence-electron chi connectivity index (χ1n) is 10.1. The van der Waals surface area contributed by atoms with Gasteiger partial charge in [0.2, 0.25) is 0 Å². The molecule has 1 N–H and O–H groups in total. The van der Waals surface area contributed by atoms with Crippen molar-refractivity contribution >= 4 is 28.0 Å². The third-order valence-corrected chi connectivity index (χ3v) is 6.00. The second-order valence-electron chi connectivity index (χ2n) is 8.12. The van der Waals surface area contributed by atoms with Crippen molar-refractivity contribution in [1.29, 1.82) is 0 Å². The number of likely N-dealkylation sites (N-methyl/N-ethyl adjacent to an activating group) is 1. The van der Waals surface area contributed by atoms with Crippen molar-refractivity contribution in [2.75, 3.05) is 29.9 Å². The molecule has 0 bridgehead atoms. The standard InChI is InChI=1S/C23H24N6O2/c1-14-7-17-19(28(4)23(14)31)8-16(30)9-20(17)29-6-5-26(2)21-10-18(24-12-22(21)29)15-11-25-27(3)13-15/h7-13,30H,5-6H2,1-4H3. The summed E-state index contributed by atoms with van der Waals surface area (Å²) < 4.78 is 3.35. The molecule has 0 atom stereocenters. The van der Waals surface area contributed by atoms with E-state index in [4.69, 9.17) is 4.98 Å². The average Bonchev–Trinajstić information content (AvgIpc) is 3.19. The molecule has 5 rings (SSSR count). The van der Waals surface area contributed by atoms with Crippen LogP contribution < -0.4 is 15.4 Å². The molecule has 4 heterocycles. The molecule has 8 nitrogen and oxygen atoms in total. The van der Waals surface area contributed by atoms with E-state index in [-0.39, 0.29) is 11.3 Å². The maximum absolute atomic E-state index is 12.4. The highest BCUT2D eigenvalue weighted by Gasteiger charge is 2.25. The molecule has 3 aromatic heterocycles. The van der Waals surface area contributed by atoms with Crippen LogP contribution in [0.3, 0.4) is 0 Å². The number of aromatic hydroxyl groups is 1. The van der Waals surface area contributed by atoms with Gasteiger partial charge in [0.25, 0.3) is 5.56 Å². The third-order valence-electron chi connectivity index (χ3n) is 6.00. The number of phenolic OH excluding ortho intramolecular Hbond substituents is 1. The summed E-state index contributed by atoms with van der Waals surface area (Å²) in [5.41, 5.74) is 6.00. The number of phenols is 1. The minimum Gasteiger partial charge on any atom is -0.508 e. The predicted molar refractivity (Wildman–Crippen MR) is 122 cm³/mol. The van der Waals surface area contributed by atoms with Gasteiger partial charge in [-0.15, -0.1) is 0 Å². The van der Waals surface area contributed by atoms with Crippen LogP contribution in [0.4, 0.5) is 17.1 Å². The van der Waals surface area contributed by atoms with Crippen LogP contribution in [0.25, 0.3) is 22.2 Å². The molecule has 0 saturated carbocycles. The lowest BCUT2D eigenvalue weighted by molar-refractivity contribution is 0.476. The first kappa shape index (κ1) is 19.2. The van der Waals surface area contributed by atoms with Crippen LogP contribution in [0.2, 0.25) is 0 Å². The molecular formula is C23H24N6O2. The van der Waals surface area contributed by atoms with E-state index in [1.807, 2.05) is 32.4 Å². The number of hydrogen-bond acceptors (Lipinski definition) is 6. The van der Waals surface area contributed by atoms with E-state index in [0.29, 0.717) is 11.1 Å². The van der Waals surface area contributed by atoms with Gasteiger partial charge in [-0.25, -0.2) is 0 Å². The van der Waals surface area contributed by atoms with E-state index in [9.17, 15) is 9.90 Å². The number of aryl methyl sites for hydroxylation is 3. The van der Waals surface area contributed by atoms with Crippen LogP contribution >= 0.6 is 0 Å². The van der Waals surface area contributed by atoms with Gasteiger partial charge < -0.3 is 19.5 Å². The fraction of sp³-hybridized carbons (Fsp3) is 0.261. The number of pyridine rings is 2. The Hall–Kier alpha value is -3.81. The van der Waals surface area contributed by atoms with Crippen molar-refractivity contribution in [2.24, 2.45) is 14.1 Å². The molecule has 31 heavy (non-hydrogen) atoms. The molecule has 0 spiro atoms. The summed E-state index contributed by atoms with van der Waals surface area (Å²) >= 11 is 0. The minimum atomic E-state index is -0.0643. The summed E-state index contributed by atoms with van der Waals surface area (Å²) in [4.78, 5) is 21.5. The zero-order valence-corrected chi connectivity index (χ0v) is 18.0. The van der Waals surface area contributed by atoms with Crippen LogP contribution in [0.15, 0.2) is 47.7 Å². The molecule has 0 amide bonds. The maximum Gasteiger partial charge on any atom is 0.253 e. The SMILES string of the molecule is Cc1cc2c(N3CCN(C)c4cc(-c5cnn(C)c5)ncc43)cc(O)cc2n(C)c1=O. The molecule has 158 valence electrons. The van der Waals surface area contributed by atoms with E-state index in [2.05, 4.69) is 28.0 Å². The van der Waals surface area contributed by atoms with E-state index < -0.39 is 0 Å². The molecule has 4 aromatic rings. The topological polar surface area (TPSA) is 79.4 Å². The monoisotopic (exact) mass is 416 g/mol. The van der Waals surface area contributed by atoms with Crippen LogP contribution in [0, 0.1) is 6.92 Å².